The number of benzene rings is 8. The molecule has 0 amide bonds. The van der Waals surface area contributed by atoms with Crippen molar-refractivity contribution >= 4 is 65.9 Å². The third-order valence-corrected chi connectivity index (χ3v) is 9.69. The third-order valence-electron chi connectivity index (χ3n) is 9.69. The molecule has 0 saturated carbocycles. The van der Waals surface area contributed by atoms with E-state index in [9.17, 15) is 0 Å². The smallest absolute Gasteiger partial charge is 0.169 e. The largest absolute Gasteiger partial charge is 0.455 e. The van der Waals surface area contributed by atoms with E-state index in [4.69, 9.17) is 14.4 Å². The van der Waals surface area contributed by atoms with Gasteiger partial charge in [-0.25, -0.2) is 9.98 Å². The van der Waals surface area contributed by atoms with Gasteiger partial charge in [0.2, 0.25) is 0 Å². The molecule has 49 heavy (non-hydrogen) atoms. The molecule has 1 unspecified atom stereocenters. The van der Waals surface area contributed by atoms with Gasteiger partial charge in [-0.15, -0.1) is 0 Å². The minimum Gasteiger partial charge on any atom is -0.455 e. The highest BCUT2D eigenvalue weighted by Crippen LogP contribution is 2.38. The molecule has 2 heterocycles. The molecule has 1 aromatic heterocycles. The van der Waals surface area contributed by atoms with Crippen molar-refractivity contribution in [3.63, 3.8) is 0 Å². The van der Waals surface area contributed by atoms with Crippen molar-refractivity contribution in [3.05, 3.63) is 180 Å². The van der Waals surface area contributed by atoms with Crippen molar-refractivity contribution in [3.8, 4) is 11.1 Å². The Balaban J connectivity index is 1.16. The fourth-order valence-corrected chi connectivity index (χ4v) is 7.30. The lowest BCUT2D eigenvalue weighted by Crippen LogP contribution is -2.36. The standard InChI is InChI=1S/C45H29N3O/c1-2-11-29(12-3-1)37-16-8-17-38-41-39(18-9-19-40(41)49-42(37)38)45-47-43(33-23-20-28-10-4-5-14-31(28)26-33)46-44(48-45)34-24-25-36-32(27-34)22-21-30-13-6-7-15-35(30)36/h1-27,44H,(H,46,47,48). The Morgan fingerprint density at radius 2 is 1.14 bits per heavy atom. The molecule has 4 nitrogen and oxygen atoms in total. The number of rotatable bonds is 4. The van der Waals surface area contributed by atoms with Crippen molar-refractivity contribution < 1.29 is 4.42 Å². The Morgan fingerprint density at radius 3 is 2.06 bits per heavy atom. The average Bonchev–Trinajstić information content (AvgIpc) is 3.57. The van der Waals surface area contributed by atoms with Gasteiger partial charge in [0.15, 0.2) is 6.17 Å². The van der Waals surface area contributed by atoms with E-state index in [0.29, 0.717) is 0 Å². The highest BCUT2D eigenvalue weighted by molar-refractivity contribution is 6.24. The molecule has 9 aromatic rings. The second-order valence-corrected chi connectivity index (χ2v) is 12.6. The van der Waals surface area contributed by atoms with E-state index in [1.807, 2.05) is 18.2 Å². The van der Waals surface area contributed by atoms with Crippen molar-refractivity contribution in [1.29, 1.82) is 0 Å². The lowest BCUT2D eigenvalue weighted by atomic mass is 9.98. The van der Waals surface area contributed by atoms with E-state index in [-0.39, 0.29) is 0 Å². The summed E-state index contributed by atoms with van der Waals surface area (Å²) in [5, 5.41) is 13.0. The summed E-state index contributed by atoms with van der Waals surface area (Å²) in [6, 6.07) is 57.5. The molecule has 1 N–H and O–H groups in total. The number of hydrogen-bond donors (Lipinski definition) is 1. The van der Waals surface area contributed by atoms with Crippen molar-refractivity contribution in [2.45, 2.75) is 6.17 Å². The van der Waals surface area contributed by atoms with E-state index in [0.717, 1.165) is 61.4 Å². The molecule has 8 aromatic carbocycles. The van der Waals surface area contributed by atoms with Crippen LogP contribution in [-0.2, 0) is 0 Å². The number of nitrogens with zero attached hydrogens (tertiary/aromatic N) is 2. The fourth-order valence-electron chi connectivity index (χ4n) is 7.30. The molecule has 0 radical (unpaired) electrons. The number of fused-ring (bicyclic) bond motifs is 7. The third kappa shape index (κ3) is 4.61. The summed E-state index contributed by atoms with van der Waals surface area (Å²) in [6.45, 7) is 0. The lowest BCUT2D eigenvalue weighted by Gasteiger charge is -2.23. The van der Waals surface area contributed by atoms with Gasteiger partial charge in [-0.05, 0) is 61.6 Å². The Labute approximate surface area is 282 Å². The maximum atomic E-state index is 6.61. The topological polar surface area (TPSA) is 49.9 Å². The second-order valence-electron chi connectivity index (χ2n) is 12.6. The number of hydrogen-bond acceptors (Lipinski definition) is 4. The molecule has 0 saturated heterocycles. The van der Waals surface area contributed by atoms with E-state index in [1.165, 1.54) is 32.3 Å². The SMILES string of the molecule is c1ccc(-c2cccc3c2oc2cccc(C4=NC(c5ccc6c(ccc7ccccc76)c5)N=C(c5ccc6ccccc6c5)N4)c23)cc1. The van der Waals surface area contributed by atoms with Crippen LogP contribution in [0.3, 0.4) is 0 Å². The molecule has 1 aliphatic heterocycles. The zero-order valence-electron chi connectivity index (χ0n) is 26.5. The normalized spacial score (nSPS) is 14.7. The monoisotopic (exact) mass is 627 g/mol. The van der Waals surface area contributed by atoms with Gasteiger partial charge in [0.25, 0.3) is 0 Å². The summed E-state index contributed by atoms with van der Waals surface area (Å²) in [6.07, 6.45) is -0.443. The maximum absolute atomic E-state index is 6.61. The minimum atomic E-state index is -0.443. The molecular formula is C45H29N3O. The predicted molar refractivity (Wildman–Crippen MR) is 204 cm³/mol. The Hall–Kier alpha value is -6.52. The summed E-state index contributed by atoms with van der Waals surface area (Å²) in [5.41, 5.74) is 6.91. The molecule has 1 aliphatic rings. The molecule has 4 heteroatoms. The zero-order valence-corrected chi connectivity index (χ0v) is 26.5. The highest BCUT2D eigenvalue weighted by atomic mass is 16.3. The maximum Gasteiger partial charge on any atom is 0.169 e. The summed E-state index contributed by atoms with van der Waals surface area (Å²) in [7, 11) is 0. The van der Waals surface area contributed by atoms with Gasteiger partial charge >= 0.3 is 0 Å². The van der Waals surface area contributed by atoms with Crippen LogP contribution in [0, 0.1) is 0 Å². The van der Waals surface area contributed by atoms with Crippen LogP contribution in [0.1, 0.15) is 22.9 Å². The number of nitrogens with one attached hydrogen (secondary N) is 1. The zero-order chi connectivity index (χ0) is 32.3. The van der Waals surface area contributed by atoms with Crippen LogP contribution in [-0.4, -0.2) is 11.7 Å². The Morgan fingerprint density at radius 1 is 0.449 bits per heavy atom. The van der Waals surface area contributed by atoms with E-state index in [1.54, 1.807) is 0 Å². The number of furan rings is 1. The first kappa shape index (κ1) is 27.6. The van der Waals surface area contributed by atoms with Gasteiger partial charge in [0, 0.05) is 27.5 Å². The van der Waals surface area contributed by atoms with Gasteiger partial charge in [0.1, 0.15) is 22.8 Å². The second kappa shape index (κ2) is 11.0. The molecule has 0 spiro atoms. The number of amidine groups is 2. The minimum absolute atomic E-state index is 0.443. The molecule has 0 aliphatic carbocycles. The van der Waals surface area contributed by atoms with Crippen LogP contribution in [0.25, 0.3) is 65.4 Å². The molecule has 10 rings (SSSR count). The molecule has 1 atom stereocenters. The first-order valence-corrected chi connectivity index (χ1v) is 16.6. The average molecular weight is 628 g/mol. The van der Waals surface area contributed by atoms with Crippen LogP contribution in [0.4, 0.5) is 0 Å². The molecule has 0 bridgehead atoms. The lowest BCUT2D eigenvalue weighted by molar-refractivity contribution is 0.670. The van der Waals surface area contributed by atoms with Gasteiger partial charge < -0.3 is 9.73 Å². The Kier molecular flexibility index (Phi) is 6.21. The van der Waals surface area contributed by atoms with Crippen LogP contribution < -0.4 is 5.32 Å². The van der Waals surface area contributed by atoms with Gasteiger partial charge in [-0.1, -0.05) is 146 Å². The van der Waals surface area contributed by atoms with Gasteiger partial charge in [-0.3, -0.25) is 0 Å². The molecule has 230 valence electrons. The van der Waals surface area contributed by atoms with Gasteiger partial charge in [-0.2, -0.15) is 0 Å². The van der Waals surface area contributed by atoms with Crippen molar-refractivity contribution in [2.24, 2.45) is 9.98 Å². The predicted octanol–water partition coefficient (Wildman–Crippen LogP) is 11.2. The van der Waals surface area contributed by atoms with E-state index in [2.05, 4.69) is 151 Å². The highest BCUT2D eigenvalue weighted by Gasteiger charge is 2.24. The van der Waals surface area contributed by atoms with Crippen molar-refractivity contribution in [2.75, 3.05) is 0 Å². The fraction of sp³-hybridized carbons (Fsp3) is 0.0222. The summed E-state index contributed by atoms with van der Waals surface area (Å²) >= 11 is 0. The first-order chi connectivity index (χ1) is 24.3. The van der Waals surface area contributed by atoms with Crippen LogP contribution in [0.5, 0.6) is 0 Å². The van der Waals surface area contributed by atoms with Crippen LogP contribution in [0.15, 0.2) is 178 Å². The summed E-state index contributed by atoms with van der Waals surface area (Å²) in [5.74, 6) is 1.55. The summed E-state index contributed by atoms with van der Waals surface area (Å²) < 4.78 is 6.61. The molecular weight excluding hydrogens is 599 g/mol. The summed E-state index contributed by atoms with van der Waals surface area (Å²) in [4.78, 5) is 10.6. The van der Waals surface area contributed by atoms with Gasteiger partial charge in [0.05, 0.1) is 0 Å². The number of para-hydroxylation sites is 1. The number of aliphatic imine (C=N–C) groups is 2. The van der Waals surface area contributed by atoms with Crippen LogP contribution in [0.2, 0.25) is 0 Å². The van der Waals surface area contributed by atoms with Crippen LogP contribution >= 0.6 is 0 Å². The van der Waals surface area contributed by atoms with E-state index < -0.39 is 6.17 Å². The first-order valence-electron chi connectivity index (χ1n) is 16.6. The van der Waals surface area contributed by atoms with E-state index >= 15 is 0 Å². The van der Waals surface area contributed by atoms with Crippen molar-refractivity contribution in [1.82, 2.24) is 5.32 Å². The molecule has 0 fully saturated rings. The quantitative estimate of drug-likeness (QED) is 0.197. The Bertz CT molecular complexity index is 2810.